The molecule has 0 heterocycles. The van der Waals surface area contributed by atoms with Crippen molar-refractivity contribution in [1.82, 2.24) is 5.32 Å². The van der Waals surface area contributed by atoms with Gasteiger partial charge in [0.2, 0.25) is 5.91 Å². The molecule has 3 unspecified atom stereocenters. The summed E-state index contributed by atoms with van der Waals surface area (Å²) >= 11 is 0. The van der Waals surface area contributed by atoms with Gasteiger partial charge in [0.05, 0.1) is 18.8 Å². The van der Waals surface area contributed by atoms with Gasteiger partial charge >= 0.3 is 0 Å². The van der Waals surface area contributed by atoms with Gasteiger partial charge in [-0.3, -0.25) is 4.79 Å². The molecule has 0 spiro atoms. The highest BCUT2D eigenvalue weighted by Gasteiger charge is 2.22. The molecule has 5 heteroatoms. The van der Waals surface area contributed by atoms with Gasteiger partial charge in [-0.2, -0.15) is 0 Å². The number of hydrogen-bond acceptors (Lipinski definition) is 4. The lowest BCUT2D eigenvalue weighted by Gasteiger charge is -2.21. The second-order valence-corrected chi connectivity index (χ2v) is 16.3. The van der Waals surface area contributed by atoms with Gasteiger partial charge in [-0.15, -0.1) is 0 Å². The van der Waals surface area contributed by atoms with E-state index in [0.29, 0.717) is 6.42 Å². The van der Waals surface area contributed by atoms with Gasteiger partial charge in [0.1, 0.15) is 6.10 Å². The molecule has 0 radical (unpaired) electrons. The van der Waals surface area contributed by atoms with Crippen molar-refractivity contribution in [2.75, 3.05) is 6.61 Å². The molecule has 0 aliphatic heterocycles. The van der Waals surface area contributed by atoms with Gasteiger partial charge in [-0.05, 0) is 57.8 Å². The van der Waals surface area contributed by atoms with Crippen LogP contribution in [0.2, 0.25) is 0 Å². The van der Waals surface area contributed by atoms with Gasteiger partial charge in [0.15, 0.2) is 0 Å². The number of aliphatic hydroxyl groups is 3. The summed E-state index contributed by atoms with van der Waals surface area (Å²) in [5, 5.41) is 33.1. The van der Waals surface area contributed by atoms with Gasteiger partial charge in [-0.1, -0.05) is 224 Å². The zero-order chi connectivity index (χ0) is 39.4. The number of aliphatic hydroxyl groups excluding tert-OH is 3. The van der Waals surface area contributed by atoms with E-state index in [-0.39, 0.29) is 6.61 Å². The highest BCUT2D eigenvalue weighted by atomic mass is 16.3. The molecule has 0 aliphatic rings. The Labute approximate surface area is 336 Å². The van der Waals surface area contributed by atoms with Crippen molar-refractivity contribution in [1.29, 1.82) is 0 Å². The number of nitrogens with one attached hydrogen (secondary N) is 1. The van der Waals surface area contributed by atoms with Crippen molar-refractivity contribution < 1.29 is 20.1 Å². The van der Waals surface area contributed by atoms with Crippen LogP contribution in [0.5, 0.6) is 0 Å². The summed E-state index contributed by atoms with van der Waals surface area (Å²) in [5.74, 6) is -0.521. The van der Waals surface area contributed by atoms with Crippen molar-refractivity contribution in [3.8, 4) is 0 Å². The third-order valence-electron chi connectivity index (χ3n) is 11.0. The number of carbonyl (C=O) groups is 1. The van der Waals surface area contributed by atoms with E-state index in [0.717, 1.165) is 51.4 Å². The Morgan fingerprint density at radius 2 is 0.759 bits per heavy atom. The summed E-state index contributed by atoms with van der Waals surface area (Å²) in [7, 11) is 0. The summed E-state index contributed by atoms with van der Waals surface area (Å²) in [5.41, 5.74) is 0. The lowest BCUT2D eigenvalue weighted by molar-refractivity contribution is -0.131. The van der Waals surface area contributed by atoms with E-state index in [9.17, 15) is 20.1 Å². The highest BCUT2D eigenvalue weighted by Crippen LogP contribution is 2.16. The van der Waals surface area contributed by atoms with Crippen LogP contribution in [-0.4, -0.2) is 46.1 Å². The molecular formula is C49H93NO4. The van der Waals surface area contributed by atoms with E-state index in [1.165, 1.54) is 173 Å². The summed E-state index contributed by atoms with van der Waals surface area (Å²) < 4.78 is 0. The van der Waals surface area contributed by atoms with Crippen LogP contribution in [0.4, 0.5) is 0 Å². The third kappa shape index (κ3) is 38.8. The van der Waals surface area contributed by atoms with Gasteiger partial charge in [-0.25, -0.2) is 0 Å². The lowest BCUT2D eigenvalue weighted by atomic mass is 10.0. The van der Waals surface area contributed by atoms with Crippen molar-refractivity contribution in [2.24, 2.45) is 0 Å². The maximum Gasteiger partial charge on any atom is 0.249 e. The first-order valence-corrected chi connectivity index (χ1v) is 23.8. The fourth-order valence-corrected chi connectivity index (χ4v) is 7.20. The van der Waals surface area contributed by atoms with Crippen LogP contribution in [0.1, 0.15) is 245 Å². The second-order valence-electron chi connectivity index (χ2n) is 16.3. The largest absolute Gasteiger partial charge is 0.394 e. The fraction of sp³-hybridized carbons (Fsp3) is 0.857. The first-order chi connectivity index (χ1) is 26.6. The zero-order valence-electron chi connectivity index (χ0n) is 36.1. The predicted octanol–water partition coefficient (Wildman–Crippen LogP) is 13.9. The third-order valence-corrected chi connectivity index (χ3v) is 11.0. The minimum absolute atomic E-state index is 0.379. The first kappa shape index (κ1) is 52.6. The van der Waals surface area contributed by atoms with Gasteiger partial charge in [0, 0.05) is 0 Å². The number of allylic oxidation sites excluding steroid dienone is 5. The minimum Gasteiger partial charge on any atom is -0.394 e. The van der Waals surface area contributed by atoms with E-state index in [1.807, 2.05) is 6.08 Å². The highest BCUT2D eigenvalue weighted by molar-refractivity contribution is 5.80. The normalized spacial score (nSPS) is 13.8. The van der Waals surface area contributed by atoms with Crippen LogP contribution >= 0.6 is 0 Å². The Kier molecular flexibility index (Phi) is 43.1. The quantitative estimate of drug-likeness (QED) is 0.0368. The fourth-order valence-electron chi connectivity index (χ4n) is 7.20. The summed E-state index contributed by atoms with van der Waals surface area (Å²) in [6.07, 6.45) is 56.2. The maximum absolute atomic E-state index is 12.5. The molecule has 4 N–H and O–H groups in total. The van der Waals surface area contributed by atoms with Crippen molar-refractivity contribution in [3.05, 3.63) is 36.5 Å². The molecule has 0 rings (SSSR count). The average molecular weight is 760 g/mol. The van der Waals surface area contributed by atoms with Crippen LogP contribution in [0.3, 0.4) is 0 Å². The number of hydrogen-bond donors (Lipinski definition) is 4. The van der Waals surface area contributed by atoms with Crippen LogP contribution < -0.4 is 5.32 Å². The van der Waals surface area contributed by atoms with Crippen LogP contribution in [-0.2, 0) is 4.79 Å². The number of carbonyl (C=O) groups excluding carboxylic acids is 1. The van der Waals surface area contributed by atoms with E-state index in [4.69, 9.17) is 0 Å². The molecule has 0 aromatic rings. The molecule has 3 atom stereocenters. The van der Waals surface area contributed by atoms with E-state index < -0.39 is 24.2 Å². The van der Waals surface area contributed by atoms with Crippen LogP contribution in [0.15, 0.2) is 36.5 Å². The van der Waals surface area contributed by atoms with Gasteiger partial charge < -0.3 is 20.6 Å². The second kappa shape index (κ2) is 44.3. The molecule has 54 heavy (non-hydrogen) atoms. The molecule has 0 aliphatic carbocycles. The maximum atomic E-state index is 12.5. The van der Waals surface area contributed by atoms with Crippen LogP contribution in [0.25, 0.3) is 0 Å². The number of amides is 1. The summed E-state index contributed by atoms with van der Waals surface area (Å²) in [6.45, 7) is 4.17. The lowest BCUT2D eigenvalue weighted by Crippen LogP contribution is -2.48. The zero-order valence-corrected chi connectivity index (χ0v) is 36.1. The molecular weight excluding hydrogens is 667 g/mol. The Hall–Kier alpha value is -1.43. The predicted molar refractivity (Wildman–Crippen MR) is 236 cm³/mol. The Bertz CT molecular complexity index is 840. The molecule has 0 saturated heterocycles. The number of rotatable bonds is 43. The van der Waals surface area contributed by atoms with Crippen molar-refractivity contribution >= 4 is 5.91 Å². The SMILES string of the molecule is CCCCCCCCC/C=C\CCCCCCC(O)C(=O)NC(CO)C(O)/C=C/CC/C=C/CCCCCCCCCCCCCCCCCCCCC. The standard InChI is InChI=1S/C49H93NO4/c1-3-5-7-9-11-13-15-17-19-20-21-22-23-24-25-26-27-28-30-31-33-35-37-39-41-43-47(52)46(45-51)50-49(54)48(53)44-42-40-38-36-34-32-29-18-16-14-12-10-8-6-4-2/h29,32-33,35,41,43,46-48,51-53H,3-28,30-31,34,36-40,42,44-45H2,1-2H3,(H,50,54)/b32-29-,35-33+,43-41+. The summed E-state index contributed by atoms with van der Waals surface area (Å²) in [4.78, 5) is 12.5. The first-order valence-electron chi connectivity index (χ1n) is 23.8. The number of unbranched alkanes of at least 4 members (excludes halogenated alkanes) is 31. The molecule has 0 saturated carbocycles. The molecule has 318 valence electrons. The molecule has 1 amide bonds. The van der Waals surface area contributed by atoms with Crippen molar-refractivity contribution in [3.63, 3.8) is 0 Å². The van der Waals surface area contributed by atoms with Crippen molar-refractivity contribution in [2.45, 2.75) is 263 Å². The summed E-state index contributed by atoms with van der Waals surface area (Å²) in [6, 6.07) is -0.818. The molecule has 0 fully saturated rings. The molecule has 0 aromatic heterocycles. The average Bonchev–Trinajstić information content (AvgIpc) is 3.18. The molecule has 0 aromatic carbocycles. The van der Waals surface area contributed by atoms with Crippen LogP contribution in [0, 0.1) is 0 Å². The Morgan fingerprint density at radius 1 is 0.444 bits per heavy atom. The monoisotopic (exact) mass is 760 g/mol. The Balaban J connectivity index is 3.67. The Morgan fingerprint density at radius 3 is 1.13 bits per heavy atom. The minimum atomic E-state index is -1.11. The van der Waals surface area contributed by atoms with E-state index in [2.05, 4.69) is 43.5 Å². The van der Waals surface area contributed by atoms with E-state index >= 15 is 0 Å². The van der Waals surface area contributed by atoms with Gasteiger partial charge in [0.25, 0.3) is 0 Å². The topological polar surface area (TPSA) is 89.8 Å². The van der Waals surface area contributed by atoms with E-state index in [1.54, 1.807) is 6.08 Å². The smallest absolute Gasteiger partial charge is 0.249 e. The molecule has 0 bridgehead atoms. The molecule has 5 nitrogen and oxygen atoms in total.